The summed E-state index contributed by atoms with van der Waals surface area (Å²) in [5.41, 5.74) is 0. The fourth-order valence-electron chi connectivity index (χ4n) is 1.54. The zero-order valence-corrected chi connectivity index (χ0v) is 8.36. The zero-order chi connectivity index (χ0) is 9.03. The summed E-state index contributed by atoms with van der Waals surface area (Å²) in [4.78, 5) is 0. The molecule has 0 amide bonds. The van der Waals surface area contributed by atoms with Crippen molar-refractivity contribution in [2.75, 3.05) is 24.6 Å². The second kappa shape index (κ2) is 4.23. The van der Waals surface area contributed by atoms with E-state index in [1.165, 1.54) is 0 Å². The molecule has 0 spiro atoms. The van der Waals surface area contributed by atoms with Crippen molar-refractivity contribution in [3.63, 3.8) is 0 Å². The average molecular weight is 191 g/mol. The standard InChI is InChI=1S/C8H17NO2S/c1-2-12(10,11)7-8-4-3-5-9-6-8/h8-9H,2-7H2,1H3/t8-/m1/s1. The summed E-state index contributed by atoms with van der Waals surface area (Å²) in [5, 5.41) is 3.22. The molecule has 1 saturated heterocycles. The Morgan fingerprint density at radius 1 is 1.50 bits per heavy atom. The Bertz CT molecular complexity index is 217. The molecule has 0 saturated carbocycles. The smallest absolute Gasteiger partial charge is 0.150 e. The van der Waals surface area contributed by atoms with Gasteiger partial charge in [-0.1, -0.05) is 6.92 Å². The first kappa shape index (κ1) is 9.99. The third-order valence-electron chi connectivity index (χ3n) is 2.33. The molecule has 1 atom stereocenters. The minimum atomic E-state index is -2.76. The molecule has 3 nitrogen and oxygen atoms in total. The molecule has 4 heteroatoms. The van der Waals surface area contributed by atoms with Crippen LogP contribution in [0.3, 0.4) is 0 Å². The van der Waals surface area contributed by atoms with E-state index < -0.39 is 9.84 Å². The minimum absolute atomic E-state index is 0.281. The number of piperidine rings is 1. The summed E-state index contributed by atoms with van der Waals surface area (Å²) in [6.45, 7) is 3.63. The Kier molecular flexibility index (Phi) is 3.53. The fourth-order valence-corrected chi connectivity index (χ4v) is 2.78. The van der Waals surface area contributed by atoms with Crippen LogP contribution in [0.25, 0.3) is 0 Å². The van der Waals surface area contributed by atoms with Crippen LogP contribution in [-0.2, 0) is 9.84 Å². The second-order valence-electron chi connectivity index (χ2n) is 3.41. The van der Waals surface area contributed by atoms with Crippen LogP contribution in [0.1, 0.15) is 19.8 Å². The predicted molar refractivity (Wildman–Crippen MR) is 49.9 cm³/mol. The topological polar surface area (TPSA) is 46.2 Å². The van der Waals surface area contributed by atoms with Gasteiger partial charge in [0.1, 0.15) is 9.84 Å². The van der Waals surface area contributed by atoms with Crippen molar-refractivity contribution < 1.29 is 8.42 Å². The third kappa shape index (κ3) is 3.11. The van der Waals surface area contributed by atoms with E-state index in [0.29, 0.717) is 11.7 Å². The average Bonchev–Trinajstić information content (AvgIpc) is 2.06. The van der Waals surface area contributed by atoms with Crippen molar-refractivity contribution in [1.29, 1.82) is 0 Å². The van der Waals surface area contributed by atoms with Crippen LogP contribution in [-0.4, -0.2) is 33.0 Å². The van der Waals surface area contributed by atoms with E-state index in [2.05, 4.69) is 5.32 Å². The maximum atomic E-state index is 11.2. The van der Waals surface area contributed by atoms with Gasteiger partial charge in [0.2, 0.25) is 0 Å². The number of sulfone groups is 1. The molecule has 12 heavy (non-hydrogen) atoms. The molecule has 1 N–H and O–H groups in total. The van der Waals surface area contributed by atoms with Crippen molar-refractivity contribution in [1.82, 2.24) is 5.32 Å². The zero-order valence-electron chi connectivity index (χ0n) is 7.54. The second-order valence-corrected chi connectivity index (χ2v) is 5.81. The minimum Gasteiger partial charge on any atom is -0.316 e. The first-order chi connectivity index (χ1) is 5.64. The van der Waals surface area contributed by atoms with Crippen LogP contribution < -0.4 is 5.32 Å². The van der Waals surface area contributed by atoms with E-state index in [1.54, 1.807) is 6.92 Å². The Labute approximate surface area is 74.5 Å². The van der Waals surface area contributed by atoms with Gasteiger partial charge in [0.05, 0.1) is 5.75 Å². The molecule has 1 heterocycles. The summed E-state index contributed by atoms with van der Waals surface area (Å²) in [6, 6.07) is 0. The molecule has 0 aromatic carbocycles. The van der Waals surface area contributed by atoms with Crippen molar-refractivity contribution in [3.05, 3.63) is 0 Å². The normalized spacial score (nSPS) is 25.6. The molecule has 1 fully saturated rings. The predicted octanol–water partition coefficient (Wildman–Crippen LogP) is 0.421. The molecule has 1 aliphatic heterocycles. The van der Waals surface area contributed by atoms with Crippen LogP contribution in [0, 0.1) is 5.92 Å². The van der Waals surface area contributed by atoms with Gasteiger partial charge in [0, 0.05) is 5.75 Å². The lowest BCUT2D eigenvalue weighted by Crippen LogP contribution is -2.34. The van der Waals surface area contributed by atoms with Crippen molar-refractivity contribution >= 4 is 9.84 Å². The molecule has 1 rings (SSSR count). The molecular weight excluding hydrogens is 174 g/mol. The molecule has 0 unspecified atom stereocenters. The monoisotopic (exact) mass is 191 g/mol. The van der Waals surface area contributed by atoms with E-state index in [9.17, 15) is 8.42 Å². The highest BCUT2D eigenvalue weighted by Crippen LogP contribution is 2.12. The number of hydrogen-bond acceptors (Lipinski definition) is 3. The lowest BCUT2D eigenvalue weighted by atomic mass is 10.0. The molecular formula is C8H17NO2S. The van der Waals surface area contributed by atoms with Gasteiger partial charge in [-0.05, 0) is 31.8 Å². The van der Waals surface area contributed by atoms with Gasteiger partial charge in [0.25, 0.3) is 0 Å². The quantitative estimate of drug-likeness (QED) is 0.703. The van der Waals surface area contributed by atoms with E-state index in [4.69, 9.17) is 0 Å². The van der Waals surface area contributed by atoms with E-state index in [0.717, 1.165) is 25.9 Å². The molecule has 72 valence electrons. The summed E-state index contributed by atoms with van der Waals surface area (Å²) >= 11 is 0. The Morgan fingerprint density at radius 3 is 2.75 bits per heavy atom. The number of rotatable bonds is 3. The van der Waals surface area contributed by atoms with Crippen molar-refractivity contribution in [2.24, 2.45) is 5.92 Å². The highest BCUT2D eigenvalue weighted by Gasteiger charge is 2.19. The highest BCUT2D eigenvalue weighted by molar-refractivity contribution is 7.91. The van der Waals surface area contributed by atoms with Gasteiger partial charge < -0.3 is 5.32 Å². The van der Waals surface area contributed by atoms with Crippen LogP contribution in [0.4, 0.5) is 0 Å². The van der Waals surface area contributed by atoms with Gasteiger partial charge in [-0.2, -0.15) is 0 Å². The number of nitrogens with one attached hydrogen (secondary N) is 1. The summed E-state index contributed by atoms with van der Waals surface area (Å²) < 4.78 is 22.5. The van der Waals surface area contributed by atoms with Crippen LogP contribution in [0.15, 0.2) is 0 Å². The Balaban J connectivity index is 2.39. The van der Waals surface area contributed by atoms with Gasteiger partial charge in [-0.3, -0.25) is 0 Å². The SMILES string of the molecule is CCS(=O)(=O)C[C@@H]1CCCNC1. The molecule has 0 aromatic heterocycles. The molecule has 0 aromatic rings. The lowest BCUT2D eigenvalue weighted by Gasteiger charge is -2.21. The van der Waals surface area contributed by atoms with Crippen LogP contribution >= 0.6 is 0 Å². The first-order valence-electron chi connectivity index (χ1n) is 4.55. The van der Waals surface area contributed by atoms with Gasteiger partial charge in [-0.15, -0.1) is 0 Å². The van der Waals surface area contributed by atoms with Gasteiger partial charge in [0.15, 0.2) is 0 Å². The molecule has 1 aliphatic rings. The Morgan fingerprint density at radius 2 is 2.25 bits per heavy atom. The van der Waals surface area contributed by atoms with Crippen molar-refractivity contribution in [3.8, 4) is 0 Å². The largest absolute Gasteiger partial charge is 0.316 e. The van der Waals surface area contributed by atoms with E-state index >= 15 is 0 Å². The van der Waals surface area contributed by atoms with Crippen molar-refractivity contribution in [2.45, 2.75) is 19.8 Å². The summed E-state index contributed by atoms with van der Waals surface area (Å²) in [7, 11) is -2.76. The maximum absolute atomic E-state index is 11.2. The van der Waals surface area contributed by atoms with Gasteiger partial charge >= 0.3 is 0 Å². The lowest BCUT2D eigenvalue weighted by molar-refractivity contribution is 0.404. The summed E-state index contributed by atoms with van der Waals surface area (Å²) in [6.07, 6.45) is 2.18. The van der Waals surface area contributed by atoms with Crippen LogP contribution in [0.2, 0.25) is 0 Å². The molecule has 0 bridgehead atoms. The fraction of sp³-hybridized carbons (Fsp3) is 1.00. The summed E-state index contributed by atoms with van der Waals surface area (Å²) in [5.74, 6) is 1.00. The highest BCUT2D eigenvalue weighted by atomic mass is 32.2. The first-order valence-corrected chi connectivity index (χ1v) is 6.37. The Hall–Kier alpha value is -0.0900. The molecule has 0 aliphatic carbocycles. The van der Waals surface area contributed by atoms with Gasteiger partial charge in [-0.25, -0.2) is 8.42 Å². The van der Waals surface area contributed by atoms with E-state index in [-0.39, 0.29) is 5.75 Å². The molecule has 0 radical (unpaired) electrons. The third-order valence-corrected chi connectivity index (χ3v) is 4.19. The maximum Gasteiger partial charge on any atom is 0.150 e. The number of hydrogen-bond donors (Lipinski definition) is 1. The van der Waals surface area contributed by atoms with Crippen LogP contribution in [0.5, 0.6) is 0 Å². The van der Waals surface area contributed by atoms with E-state index in [1.807, 2.05) is 0 Å².